The highest BCUT2D eigenvalue weighted by Crippen LogP contribution is 2.83. The predicted molar refractivity (Wildman–Crippen MR) is 125 cm³/mol. The molecule has 4 heteroatoms. The quantitative estimate of drug-likeness (QED) is 0.301. The first-order chi connectivity index (χ1) is 15.4. The molecule has 0 aromatic heterocycles. The number of aliphatic hydroxyl groups excluding tert-OH is 1. The van der Waals surface area contributed by atoms with Crippen LogP contribution < -0.4 is 0 Å². The van der Waals surface area contributed by atoms with E-state index >= 15 is 0 Å². The third-order valence-electron chi connectivity index (χ3n) is 13.3. The first-order valence-electron chi connectivity index (χ1n) is 13.6. The summed E-state index contributed by atoms with van der Waals surface area (Å²) in [7, 11) is 0. The van der Waals surface area contributed by atoms with Gasteiger partial charge in [0.15, 0.2) is 5.60 Å². The van der Waals surface area contributed by atoms with E-state index in [4.69, 9.17) is 9.47 Å². The summed E-state index contributed by atoms with van der Waals surface area (Å²) in [6, 6.07) is 0. The Kier molecular flexibility index (Phi) is 3.73. The zero-order valence-electron chi connectivity index (χ0n) is 21.2. The number of carbonyl (C=O) groups is 1. The van der Waals surface area contributed by atoms with E-state index in [1.54, 1.807) is 0 Å². The highest BCUT2D eigenvalue weighted by atomic mass is 16.6. The smallest absolute Gasteiger partial charge is 0.313 e. The van der Waals surface area contributed by atoms with Gasteiger partial charge in [-0.05, 0) is 91.4 Å². The molecule has 7 aliphatic rings. The lowest BCUT2D eigenvalue weighted by atomic mass is 9.31. The van der Waals surface area contributed by atoms with Crippen LogP contribution in [0, 0.1) is 44.8 Å². The minimum Gasteiger partial charge on any atom is -0.455 e. The minimum absolute atomic E-state index is 0.0429. The van der Waals surface area contributed by atoms with Gasteiger partial charge in [-0.2, -0.15) is 0 Å². The molecule has 0 aromatic carbocycles. The van der Waals surface area contributed by atoms with E-state index in [2.05, 4.69) is 41.2 Å². The van der Waals surface area contributed by atoms with Crippen LogP contribution in [0.3, 0.4) is 0 Å². The van der Waals surface area contributed by atoms with Crippen molar-refractivity contribution in [1.82, 2.24) is 0 Å². The van der Waals surface area contributed by atoms with Crippen molar-refractivity contribution in [2.45, 2.75) is 116 Å². The average molecular weight is 455 g/mol. The molecule has 4 nitrogen and oxygen atoms in total. The van der Waals surface area contributed by atoms with Crippen molar-refractivity contribution < 1.29 is 19.4 Å². The number of fused-ring (bicyclic) bond motifs is 6. The van der Waals surface area contributed by atoms with Crippen molar-refractivity contribution in [2.24, 2.45) is 44.8 Å². The van der Waals surface area contributed by atoms with Gasteiger partial charge in [0.05, 0.1) is 17.6 Å². The second-order valence-corrected chi connectivity index (χ2v) is 14.7. The Morgan fingerprint density at radius 1 is 0.970 bits per heavy atom. The summed E-state index contributed by atoms with van der Waals surface area (Å²) in [5, 5.41) is 10.6. The number of ether oxygens (including phenoxy) is 2. The Morgan fingerprint density at radius 2 is 1.70 bits per heavy atom. The maximum atomic E-state index is 13.7. The van der Waals surface area contributed by atoms with Crippen molar-refractivity contribution >= 4 is 5.97 Å². The number of hydrogen-bond acceptors (Lipinski definition) is 4. The number of rotatable bonds is 0. The molecule has 2 saturated heterocycles. The average Bonchev–Trinajstić information content (AvgIpc) is 3.49. The van der Waals surface area contributed by atoms with E-state index in [0.29, 0.717) is 11.8 Å². The molecule has 33 heavy (non-hydrogen) atoms. The summed E-state index contributed by atoms with van der Waals surface area (Å²) in [6.45, 7) is 16.6. The molecule has 2 heterocycles. The predicted octanol–water partition coefficient (Wildman–Crippen LogP) is 5.43. The van der Waals surface area contributed by atoms with Gasteiger partial charge < -0.3 is 14.6 Å². The fourth-order valence-electron chi connectivity index (χ4n) is 11.3. The van der Waals surface area contributed by atoms with E-state index in [9.17, 15) is 9.90 Å². The lowest BCUT2D eigenvalue weighted by Crippen LogP contribution is -2.74. The highest BCUT2D eigenvalue weighted by Gasteiger charge is 2.88. The molecule has 0 aromatic rings. The largest absolute Gasteiger partial charge is 0.455 e. The number of esters is 1. The van der Waals surface area contributed by atoms with Gasteiger partial charge >= 0.3 is 5.97 Å². The maximum absolute atomic E-state index is 13.7. The van der Waals surface area contributed by atoms with Gasteiger partial charge in [0.25, 0.3) is 0 Å². The van der Waals surface area contributed by atoms with Crippen LogP contribution in [0.15, 0.2) is 12.2 Å². The van der Waals surface area contributed by atoms with E-state index < -0.39 is 5.60 Å². The summed E-state index contributed by atoms with van der Waals surface area (Å²) in [5.74, 6) is 1.17. The molecule has 182 valence electrons. The first kappa shape index (κ1) is 21.4. The van der Waals surface area contributed by atoms with Crippen LogP contribution in [0.5, 0.6) is 0 Å². The fourth-order valence-corrected chi connectivity index (χ4v) is 11.3. The molecule has 0 amide bonds. The summed E-state index contributed by atoms with van der Waals surface area (Å²) < 4.78 is 13.5. The van der Waals surface area contributed by atoms with E-state index in [1.165, 1.54) is 0 Å². The first-order valence-corrected chi connectivity index (χ1v) is 13.6. The molecule has 7 rings (SSSR count). The number of carbonyl (C=O) groups excluding carboxylic acids is 1. The Bertz CT molecular complexity index is 971. The minimum atomic E-state index is -0.468. The standard InChI is InChI=1S/C29H42O4/c1-16-17-7-10-26(5)21(25(17,4)9-8-18(16)30)20-22(32-20)29-19-15-24(2,3)11-13-28(19,23(31)33-29)14-12-27(26,29)6/h17-22,30H,1,7-15H2,2-6H3/t17-,18-,19+,20-,21+,22-,25-,26+,27-,28-,29?/m0/s1. The summed E-state index contributed by atoms with van der Waals surface area (Å²) in [6.07, 6.45) is 9.12. The molecular formula is C29H42O4. The molecule has 1 unspecified atom stereocenters. The van der Waals surface area contributed by atoms with Crippen molar-refractivity contribution in [2.75, 3.05) is 0 Å². The van der Waals surface area contributed by atoms with Gasteiger partial charge in [0, 0.05) is 11.3 Å². The molecule has 2 aliphatic heterocycles. The molecular weight excluding hydrogens is 412 g/mol. The Morgan fingerprint density at radius 3 is 2.45 bits per heavy atom. The van der Waals surface area contributed by atoms with E-state index in [-0.39, 0.29) is 57.3 Å². The van der Waals surface area contributed by atoms with E-state index in [0.717, 1.165) is 63.4 Å². The molecule has 0 radical (unpaired) electrons. The van der Waals surface area contributed by atoms with E-state index in [1.807, 2.05) is 0 Å². The molecule has 5 aliphatic carbocycles. The number of hydrogen-bond donors (Lipinski definition) is 1. The monoisotopic (exact) mass is 454 g/mol. The zero-order valence-corrected chi connectivity index (χ0v) is 21.2. The van der Waals surface area contributed by atoms with Crippen LogP contribution in [0.25, 0.3) is 0 Å². The van der Waals surface area contributed by atoms with Crippen molar-refractivity contribution in [3.63, 3.8) is 0 Å². The van der Waals surface area contributed by atoms with Crippen molar-refractivity contribution in [3.05, 3.63) is 12.2 Å². The fraction of sp³-hybridized carbons (Fsp3) is 0.897. The molecule has 11 atom stereocenters. The topological polar surface area (TPSA) is 59.1 Å². The van der Waals surface area contributed by atoms with Crippen molar-refractivity contribution in [1.29, 1.82) is 0 Å². The van der Waals surface area contributed by atoms with Crippen molar-refractivity contribution in [3.8, 4) is 0 Å². The maximum Gasteiger partial charge on any atom is 0.313 e. The Labute approximate surface area is 198 Å². The van der Waals surface area contributed by atoms with Crippen LogP contribution in [0.4, 0.5) is 0 Å². The summed E-state index contributed by atoms with van der Waals surface area (Å²) in [4.78, 5) is 13.7. The number of aliphatic hydroxyl groups is 1. The molecule has 1 N–H and O–H groups in total. The van der Waals surface area contributed by atoms with Crippen LogP contribution in [0.1, 0.15) is 92.4 Å². The van der Waals surface area contributed by atoms with Crippen LogP contribution >= 0.6 is 0 Å². The Balaban J connectivity index is 1.39. The highest BCUT2D eigenvalue weighted by molar-refractivity contribution is 5.82. The normalized spacial score (nSPS) is 62.2. The van der Waals surface area contributed by atoms with Crippen LogP contribution in [0.2, 0.25) is 0 Å². The molecule has 1 spiro atoms. The second-order valence-electron chi connectivity index (χ2n) is 14.7. The van der Waals surface area contributed by atoms with Gasteiger partial charge in [-0.3, -0.25) is 4.79 Å². The molecule has 5 saturated carbocycles. The molecule has 7 fully saturated rings. The van der Waals surface area contributed by atoms with Gasteiger partial charge in [-0.25, -0.2) is 0 Å². The summed E-state index contributed by atoms with van der Waals surface area (Å²) in [5.41, 5.74) is 0.617. The van der Waals surface area contributed by atoms with Gasteiger partial charge in [-0.1, -0.05) is 41.2 Å². The third kappa shape index (κ3) is 2.06. The summed E-state index contributed by atoms with van der Waals surface area (Å²) >= 11 is 0. The van der Waals surface area contributed by atoms with Crippen LogP contribution in [-0.4, -0.2) is 35.0 Å². The molecule has 2 bridgehead atoms. The number of epoxide rings is 1. The van der Waals surface area contributed by atoms with Gasteiger partial charge in [-0.15, -0.1) is 0 Å². The lowest BCUT2D eigenvalue weighted by molar-refractivity contribution is -0.259. The van der Waals surface area contributed by atoms with Gasteiger partial charge in [0.1, 0.15) is 6.10 Å². The second kappa shape index (κ2) is 5.75. The third-order valence-corrected chi connectivity index (χ3v) is 13.3. The van der Waals surface area contributed by atoms with Crippen LogP contribution in [-0.2, 0) is 14.3 Å². The Hall–Kier alpha value is -0.870. The SMILES string of the molecule is C=C1[C@@H](O)CC[C@]2(C)[C@H]3[C@@H]4O[C@@H]4C45OC(=O)[C@@]6(CCC(C)(C)C[C@@H]46)CC[C@@]5(C)[C@]3(C)CC[C@@H]12. The van der Waals surface area contributed by atoms with Gasteiger partial charge in [0.2, 0.25) is 0 Å². The zero-order chi connectivity index (χ0) is 23.4. The lowest BCUT2D eigenvalue weighted by Gasteiger charge is -2.71.